The number of benzene rings is 1. The zero-order valence-electron chi connectivity index (χ0n) is 9.21. The summed E-state index contributed by atoms with van der Waals surface area (Å²) in [5.74, 6) is 5.67. The molecule has 1 aromatic heterocycles. The van der Waals surface area contributed by atoms with Gasteiger partial charge in [0, 0.05) is 9.35 Å². The van der Waals surface area contributed by atoms with Gasteiger partial charge >= 0.3 is 0 Å². The number of hydrogen-bond donors (Lipinski definition) is 2. The fourth-order valence-corrected chi connectivity index (χ4v) is 3.35. The molecule has 0 aliphatic carbocycles. The summed E-state index contributed by atoms with van der Waals surface area (Å²) in [5, 5.41) is 2.75. The van der Waals surface area contributed by atoms with Crippen molar-refractivity contribution in [2.24, 2.45) is 5.84 Å². The standard InChI is InChI=1S/C12H12BrClN2S/c1-7-5-6-17-12(7)11(16-15)8-3-2-4-9(13)10(8)14/h2-6,11,16H,15H2,1H3. The summed E-state index contributed by atoms with van der Waals surface area (Å²) in [6, 6.07) is 7.87. The second kappa shape index (κ2) is 5.50. The molecule has 17 heavy (non-hydrogen) atoms. The van der Waals surface area contributed by atoms with Gasteiger partial charge in [0.25, 0.3) is 0 Å². The summed E-state index contributed by atoms with van der Waals surface area (Å²) in [7, 11) is 0. The lowest BCUT2D eigenvalue weighted by Crippen LogP contribution is -2.28. The lowest BCUT2D eigenvalue weighted by atomic mass is 10.0. The third-order valence-electron chi connectivity index (χ3n) is 2.62. The van der Waals surface area contributed by atoms with Crippen molar-refractivity contribution in [1.29, 1.82) is 0 Å². The van der Waals surface area contributed by atoms with Gasteiger partial charge in [-0.2, -0.15) is 0 Å². The van der Waals surface area contributed by atoms with Gasteiger partial charge in [0.2, 0.25) is 0 Å². The maximum absolute atomic E-state index is 6.30. The molecular weight excluding hydrogens is 320 g/mol. The van der Waals surface area contributed by atoms with Crippen molar-refractivity contribution in [3.05, 3.63) is 55.1 Å². The first-order valence-electron chi connectivity index (χ1n) is 5.09. The van der Waals surface area contributed by atoms with Gasteiger partial charge in [-0.15, -0.1) is 11.3 Å². The highest BCUT2D eigenvalue weighted by Gasteiger charge is 2.19. The van der Waals surface area contributed by atoms with Crippen molar-refractivity contribution in [2.45, 2.75) is 13.0 Å². The maximum atomic E-state index is 6.30. The van der Waals surface area contributed by atoms with Gasteiger partial charge in [-0.05, 0) is 51.5 Å². The minimum absolute atomic E-state index is 0.0694. The van der Waals surface area contributed by atoms with Crippen LogP contribution in [0, 0.1) is 6.92 Å². The van der Waals surface area contributed by atoms with Gasteiger partial charge < -0.3 is 0 Å². The molecule has 90 valence electrons. The van der Waals surface area contributed by atoms with Gasteiger partial charge in [0.1, 0.15) is 0 Å². The Labute approximate surface area is 118 Å². The van der Waals surface area contributed by atoms with E-state index in [1.54, 1.807) is 11.3 Å². The van der Waals surface area contributed by atoms with E-state index in [9.17, 15) is 0 Å². The summed E-state index contributed by atoms with van der Waals surface area (Å²) in [6.45, 7) is 2.07. The first-order chi connectivity index (χ1) is 8.15. The van der Waals surface area contributed by atoms with Crippen LogP contribution in [0.3, 0.4) is 0 Å². The van der Waals surface area contributed by atoms with Crippen LogP contribution >= 0.6 is 38.9 Å². The van der Waals surface area contributed by atoms with E-state index in [0.717, 1.165) is 10.0 Å². The first kappa shape index (κ1) is 13.1. The van der Waals surface area contributed by atoms with Crippen LogP contribution in [0.4, 0.5) is 0 Å². The molecule has 0 spiro atoms. The molecule has 2 rings (SSSR count). The highest BCUT2D eigenvalue weighted by atomic mass is 79.9. The largest absolute Gasteiger partial charge is 0.271 e. The number of hydrogen-bond acceptors (Lipinski definition) is 3. The smallest absolute Gasteiger partial charge is 0.0819 e. The summed E-state index contributed by atoms with van der Waals surface area (Å²) in [4.78, 5) is 1.19. The zero-order chi connectivity index (χ0) is 12.4. The highest BCUT2D eigenvalue weighted by molar-refractivity contribution is 9.10. The summed E-state index contributed by atoms with van der Waals surface area (Å²) >= 11 is 11.4. The van der Waals surface area contributed by atoms with Crippen LogP contribution in [-0.4, -0.2) is 0 Å². The number of aryl methyl sites for hydroxylation is 1. The minimum Gasteiger partial charge on any atom is -0.271 e. The molecule has 0 fully saturated rings. The Morgan fingerprint density at radius 3 is 2.76 bits per heavy atom. The van der Waals surface area contributed by atoms with Crippen LogP contribution in [-0.2, 0) is 0 Å². The summed E-state index contributed by atoms with van der Waals surface area (Å²) < 4.78 is 0.881. The Morgan fingerprint density at radius 1 is 1.41 bits per heavy atom. The third-order valence-corrected chi connectivity index (χ3v) is 5.02. The molecule has 0 amide bonds. The van der Waals surface area contributed by atoms with Crippen LogP contribution in [0.25, 0.3) is 0 Å². The lowest BCUT2D eigenvalue weighted by molar-refractivity contribution is 0.644. The molecule has 0 saturated carbocycles. The van der Waals surface area contributed by atoms with E-state index in [4.69, 9.17) is 17.4 Å². The van der Waals surface area contributed by atoms with Gasteiger partial charge in [0.05, 0.1) is 11.1 Å². The fraction of sp³-hybridized carbons (Fsp3) is 0.167. The molecule has 5 heteroatoms. The van der Waals surface area contributed by atoms with Gasteiger partial charge in [0.15, 0.2) is 0 Å². The van der Waals surface area contributed by atoms with Crippen molar-refractivity contribution >= 4 is 38.9 Å². The van der Waals surface area contributed by atoms with Crippen molar-refractivity contribution < 1.29 is 0 Å². The van der Waals surface area contributed by atoms with E-state index >= 15 is 0 Å². The Morgan fingerprint density at radius 2 is 2.18 bits per heavy atom. The van der Waals surface area contributed by atoms with Crippen LogP contribution in [0.2, 0.25) is 5.02 Å². The molecule has 0 radical (unpaired) electrons. The number of thiophene rings is 1. The molecule has 3 N–H and O–H groups in total. The van der Waals surface area contributed by atoms with E-state index < -0.39 is 0 Å². The monoisotopic (exact) mass is 330 g/mol. The topological polar surface area (TPSA) is 38.0 Å². The van der Waals surface area contributed by atoms with Gasteiger partial charge in [-0.1, -0.05) is 23.7 Å². The van der Waals surface area contributed by atoms with E-state index in [2.05, 4.69) is 39.7 Å². The number of hydrazine groups is 1. The van der Waals surface area contributed by atoms with Crippen molar-refractivity contribution in [1.82, 2.24) is 5.43 Å². The molecule has 1 aromatic carbocycles. The molecule has 1 atom stereocenters. The van der Waals surface area contributed by atoms with Crippen molar-refractivity contribution in [2.75, 3.05) is 0 Å². The first-order valence-corrected chi connectivity index (χ1v) is 7.14. The Balaban J connectivity index is 2.50. The van der Waals surface area contributed by atoms with Crippen LogP contribution in [0.15, 0.2) is 34.1 Å². The number of nitrogens with one attached hydrogen (secondary N) is 1. The summed E-state index contributed by atoms with van der Waals surface area (Å²) in [6.07, 6.45) is 0. The Hall–Kier alpha value is -0.390. The van der Waals surface area contributed by atoms with E-state index in [1.807, 2.05) is 18.2 Å². The van der Waals surface area contributed by atoms with Crippen molar-refractivity contribution in [3.8, 4) is 0 Å². The fourth-order valence-electron chi connectivity index (χ4n) is 1.73. The maximum Gasteiger partial charge on any atom is 0.0819 e. The van der Waals surface area contributed by atoms with E-state index in [-0.39, 0.29) is 6.04 Å². The molecule has 0 saturated heterocycles. The molecule has 2 nitrogen and oxygen atoms in total. The molecule has 1 heterocycles. The third kappa shape index (κ3) is 2.56. The molecule has 0 bridgehead atoms. The Kier molecular flexibility index (Phi) is 4.22. The average Bonchev–Trinajstić information content (AvgIpc) is 2.72. The van der Waals surface area contributed by atoms with Crippen molar-refractivity contribution in [3.63, 3.8) is 0 Å². The van der Waals surface area contributed by atoms with E-state index in [0.29, 0.717) is 5.02 Å². The summed E-state index contributed by atoms with van der Waals surface area (Å²) in [5.41, 5.74) is 5.03. The minimum atomic E-state index is -0.0694. The lowest BCUT2D eigenvalue weighted by Gasteiger charge is -2.18. The molecular formula is C12H12BrClN2S. The molecule has 1 unspecified atom stereocenters. The second-order valence-electron chi connectivity index (χ2n) is 3.71. The number of rotatable bonds is 3. The number of nitrogens with two attached hydrogens (primary N) is 1. The SMILES string of the molecule is Cc1ccsc1C(NN)c1cccc(Br)c1Cl. The predicted molar refractivity (Wildman–Crippen MR) is 77.4 cm³/mol. The Bertz CT molecular complexity index is 527. The number of halogens is 2. The van der Waals surface area contributed by atoms with Crippen LogP contribution in [0.1, 0.15) is 22.0 Å². The zero-order valence-corrected chi connectivity index (χ0v) is 12.4. The molecule has 0 aliphatic rings. The molecule has 0 aliphatic heterocycles. The van der Waals surface area contributed by atoms with Crippen LogP contribution in [0.5, 0.6) is 0 Å². The second-order valence-corrected chi connectivity index (χ2v) is 5.89. The normalized spacial score (nSPS) is 12.7. The molecule has 2 aromatic rings. The predicted octanol–water partition coefficient (Wildman–Crippen LogP) is 4.03. The quantitative estimate of drug-likeness (QED) is 0.658. The van der Waals surface area contributed by atoms with Gasteiger partial charge in [-0.25, -0.2) is 5.43 Å². The van der Waals surface area contributed by atoms with Crippen LogP contribution < -0.4 is 11.3 Å². The van der Waals surface area contributed by atoms with E-state index in [1.165, 1.54) is 10.4 Å². The average molecular weight is 332 g/mol. The highest BCUT2D eigenvalue weighted by Crippen LogP contribution is 2.35. The van der Waals surface area contributed by atoms with Gasteiger partial charge in [-0.3, -0.25) is 5.84 Å².